The number of hydrogen-bond acceptors (Lipinski definition) is 5. The first-order valence-corrected chi connectivity index (χ1v) is 11.4. The SMILES string of the molecule is COCCOc1cc2ncc(C(=O)Nc3cc(-c4ccccc4)ccc3N)cc2cc1C1CC1. The van der Waals surface area contributed by atoms with Gasteiger partial charge in [0.15, 0.2) is 0 Å². The molecule has 4 aromatic rings. The largest absolute Gasteiger partial charge is 0.491 e. The van der Waals surface area contributed by atoms with Crippen LogP contribution in [0.25, 0.3) is 22.0 Å². The van der Waals surface area contributed by atoms with Crippen LogP contribution < -0.4 is 15.8 Å². The number of nitrogens with two attached hydrogens (primary N) is 1. The third-order valence-electron chi connectivity index (χ3n) is 6.05. The van der Waals surface area contributed by atoms with Crippen molar-refractivity contribution < 1.29 is 14.3 Å². The summed E-state index contributed by atoms with van der Waals surface area (Å²) in [4.78, 5) is 17.6. The molecule has 1 aromatic heterocycles. The summed E-state index contributed by atoms with van der Waals surface area (Å²) in [6.45, 7) is 1.02. The Morgan fingerprint density at radius 1 is 1.03 bits per heavy atom. The van der Waals surface area contributed by atoms with Crippen LogP contribution in [0.5, 0.6) is 5.75 Å². The molecule has 3 N–H and O–H groups in total. The van der Waals surface area contributed by atoms with E-state index in [-0.39, 0.29) is 5.91 Å². The highest BCUT2D eigenvalue weighted by Gasteiger charge is 2.27. The topological polar surface area (TPSA) is 86.5 Å². The van der Waals surface area contributed by atoms with E-state index >= 15 is 0 Å². The standard InChI is InChI=1S/C28H27N3O3/c1-33-11-12-34-27-16-25-21(14-23(27)19-7-8-19)13-22(17-30-25)28(32)31-26-15-20(9-10-24(26)29)18-5-3-2-4-6-18/h2-6,9-10,13-17,19H,7-8,11-12,29H2,1H3,(H,31,32). The number of nitrogens with zero attached hydrogens (tertiary/aromatic N) is 1. The third kappa shape index (κ3) is 4.72. The smallest absolute Gasteiger partial charge is 0.257 e. The Hall–Kier alpha value is -3.90. The van der Waals surface area contributed by atoms with Gasteiger partial charge in [-0.25, -0.2) is 0 Å². The first kappa shape index (κ1) is 21.9. The highest BCUT2D eigenvalue weighted by molar-refractivity contribution is 6.07. The number of fused-ring (bicyclic) bond motifs is 1. The Labute approximate surface area is 198 Å². The molecular formula is C28H27N3O3. The van der Waals surface area contributed by atoms with Crippen LogP contribution in [0.2, 0.25) is 0 Å². The molecule has 0 saturated heterocycles. The second-order valence-electron chi connectivity index (χ2n) is 8.54. The van der Waals surface area contributed by atoms with Gasteiger partial charge >= 0.3 is 0 Å². The maximum Gasteiger partial charge on any atom is 0.257 e. The number of carbonyl (C=O) groups is 1. The number of nitrogens with one attached hydrogen (secondary N) is 1. The van der Waals surface area contributed by atoms with Crippen LogP contribution in [0.3, 0.4) is 0 Å². The first-order valence-electron chi connectivity index (χ1n) is 11.4. The maximum atomic E-state index is 13.1. The van der Waals surface area contributed by atoms with E-state index in [0.717, 1.165) is 40.6 Å². The van der Waals surface area contributed by atoms with Crippen LogP contribution in [0.4, 0.5) is 11.4 Å². The van der Waals surface area contributed by atoms with E-state index in [1.54, 1.807) is 13.3 Å². The van der Waals surface area contributed by atoms with Gasteiger partial charge in [0, 0.05) is 24.8 Å². The van der Waals surface area contributed by atoms with Gasteiger partial charge in [-0.15, -0.1) is 0 Å². The fourth-order valence-corrected chi connectivity index (χ4v) is 4.04. The van der Waals surface area contributed by atoms with Crippen LogP contribution in [0, 0.1) is 0 Å². The number of anilines is 2. The van der Waals surface area contributed by atoms with Crippen molar-refractivity contribution in [2.75, 3.05) is 31.4 Å². The van der Waals surface area contributed by atoms with Gasteiger partial charge in [-0.2, -0.15) is 0 Å². The zero-order chi connectivity index (χ0) is 23.5. The molecule has 0 spiro atoms. The van der Waals surface area contributed by atoms with Crippen LogP contribution in [0.1, 0.15) is 34.7 Å². The Balaban J connectivity index is 1.41. The van der Waals surface area contributed by atoms with E-state index in [1.807, 2.05) is 60.7 Å². The zero-order valence-electron chi connectivity index (χ0n) is 19.1. The molecule has 172 valence electrons. The molecule has 6 heteroatoms. The Morgan fingerprint density at radius 2 is 1.85 bits per heavy atom. The summed E-state index contributed by atoms with van der Waals surface area (Å²) in [7, 11) is 1.66. The molecule has 0 atom stereocenters. The minimum atomic E-state index is -0.250. The summed E-state index contributed by atoms with van der Waals surface area (Å²) in [6, 6.07) is 21.6. The maximum absolute atomic E-state index is 13.1. The van der Waals surface area contributed by atoms with Crippen molar-refractivity contribution in [1.82, 2.24) is 4.98 Å². The van der Waals surface area contributed by atoms with Gasteiger partial charge in [0.05, 0.1) is 29.1 Å². The lowest BCUT2D eigenvalue weighted by Crippen LogP contribution is -2.13. The summed E-state index contributed by atoms with van der Waals surface area (Å²) < 4.78 is 11.1. The molecule has 1 fully saturated rings. The van der Waals surface area contributed by atoms with Crippen LogP contribution >= 0.6 is 0 Å². The average Bonchev–Trinajstić information content (AvgIpc) is 3.71. The highest BCUT2D eigenvalue weighted by Crippen LogP contribution is 2.45. The molecule has 34 heavy (non-hydrogen) atoms. The summed E-state index contributed by atoms with van der Waals surface area (Å²) >= 11 is 0. The minimum Gasteiger partial charge on any atom is -0.491 e. The minimum absolute atomic E-state index is 0.250. The van der Waals surface area contributed by atoms with Crippen molar-refractivity contribution in [3.05, 3.63) is 84.1 Å². The number of aromatic nitrogens is 1. The monoisotopic (exact) mass is 453 g/mol. The van der Waals surface area contributed by atoms with Gasteiger partial charge in [-0.1, -0.05) is 36.4 Å². The molecule has 1 aliphatic rings. The highest BCUT2D eigenvalue weighted by atomic mass is 16.5. The lowest BCUT2D eigenvalue weighted by molar-refractivity contribution is 0.102. The zero-order valence-corrected chi connectivity index (χ0v) is 19.1. The molecule has 1 amide bonds. The van der Waals surface area contributed by atoms with E-state index in [1.165, 1.54) is 5.56 Å². The Morgan fingerprint density at radius 3 is 2.62 bits per heavy atom. The first-order chi connectivity index (χ1) is 16.6. The van der Waals surface area contributed by atoms with Gasteiger partial charge in [0.25, 0.3) is 5.91 Å². The molecule has 1 saturated carbocycles. The van der Waals surface area contributed by atoms with E-state index in [2.05, 4.69) is 16.4 Å². The summed E-state index contributed by atoms with van der Waals surface area (Å²) in [5.41, 5.74) is 11.7. The number of amides is 1. The molecule has 6 nitrogen and oxygen atoms in total. The number of rotatable bonds is 8. The molecule has 0 bridgehead atoms. The summed E-state index contributed by atoms with van der Waals surface area (Å²) in [6.07, 6.45) is 3.89. The Bertz CT molecular complexity index is 1330. The quantitative estimate of drug-likeness (QED) is 0.266. The number of carbonyl (C=O) groups excluding carboxylic acids is 1. The predicted octanol–water partition coefficient (Wildman–Crippen LogP) is 5.64. The van der Waals surface area contributed by atoms with Crippen molar-refractivity contribution in [2.45, 2.75) is 18.8 Å². The summed E-state index contributed by atoms with van der Waals surface area (Å²) in [5.74, 6) is 1.10. The molecule has 0 aliphatic heterocycles. The number of ether oxygens (including phenoxy) is 2. The number of benzene rings is 3. The van der Waals surface area contributed by atoms with Crippen molar-refractivity contribution >= 4 is 28.2 Å². The number of hydrogen-bond donors (Lipinski definition) is 2. The molecule has 1 heterocycles. The van der Waals surface area contributed by atoms with Crippen LogP contribution in [-0.2, 0) is 4.74 Å². The van der Waals surface area contributed by atoms with E-state index < -0.39 is 0 Å². The predicted molar refractivity (Wildman–Crippen MR) is 135 cm³/mol. The van der Waals surface area contributed by atoms with Gasteiger partial charge in [0.1, 0.15) is 12.4 Å². The van der Waals surface area contributed by atoms with Gasteiger partial charge in [0.2, 0.25) is 0 Å². The van der Waals surface area contributed by atoms with E-state index in [0.29, 0.717) is 36.1 Å². The third-order valence-corrected chi connectivity index (χ3v) is 6.05. The fraction of sp³-hybridized carbons (Fsp3) is 0.214. The lowest BCUT2D eigenvalue weighted by Gasteiger charge is -2.13. The molecule has 3 aromatic carbocycles. The molecular weight excluding hydrogens is 426 g/mol. The lowest BCUT2D eigenvalue weighted by atomic mass is 10.0. The van der Waals surface area contributed by atoms with E-state index in [9.17, 15) is 4.79 Å². The number of pyridine rings is 1. The van der Waals surface area contributed by atoms with Gasteiger partial charge in [-0.3, -0.25) is 9.78 Å². The van der Waals surface area contributed by atoms with Crippen LogP contribution in [0.15, 0.2) is 72.9 Å². The van der Waals surface area contributed by atoms with Crippen molar-refractivity contribution in [3.63, 3.8) is 0 Å². The molecule has 0 radical (unpaired) electrons. The molecule has 0 unspecified atom stereocenters. The fourth-order valence-electron chi connectivity index (χ4n) is 4.04. The summed E-state index contributed by atoms with van der Waals surface area (Å²) in [5, 5.41) is 3.87. The average molecular weight is 454 g/mol. The second-order valence-corrected chi connectivity index (χ2v) is 8.54. The second kappa shape index (κ2) is 9.53. The van der Waals surface area contributed by atoms with E-state index in [4.69, 9.17) is 15.2 Å². The van der Waals surface area contributed by atoms with Gasteiger partial charge in [-0.05, 0) is 59.7 Å². The van der Waals surface area contributed by atoms with Gasteiger partial charge < -0.3 is 20.5 Å². The van der Waals surface area contributed by atoms with Crippen molar-refractivity contribution in [3.8, 4) is 16.9 Å². The number of methoxy groups -OCH3 is 1. The molecule has 1 aliphatic carbocycles. The van der Waals surface area contributed by atoms with Crippen molar-refractivity contribution in [2.24, 2.45) is 0 Å². The normalized spacial score (nSPS) is 13.1. The molecule has 5 rings (SSSR count). The van der Waals surface area contributed by atoms with Crippen LogP contribution in [-0.4, -0.2) is 31.2 Å². The number of nitrogen functional groups attached to an aromatic ring is 1. The Kier molecular flexibility index (Phi) is 6.14. The van der Waals surface area contributed by atoms with Crippen molar-refractivity contribution in [1.29, 1.82) is 0 Å².